The molecule has 0 amide bonds. The monoisotopic (exact) mass is 523 g/mol. The summed E-state index contributed by atoms with van der Waals surface area (Å²) in [4.78, 5) is 12.6. The van der Waals surface area contributed by atoms with Gasteiger partial charge >= 0.3 is 5.97 Å². The molecule has 13 heteroatoms. The van der Waals surface area contributed by atoms with Gasteiger partial charge in [-0.15, -0.1) is 0 Å². The van der Waals surface area contributed by atoms with E-state index in [4.69, 9.17) is 24.2 Å². The van der Waals surface area contributed by atoms with Gasteiger partial charge in [0.1, 0.15) is 30.5 Å². The van der Waals surface area contributed by atoms with E-state index in [0.717, 1.165) is 12.2 Å². The highest BCUT2D eigenvalue weighted by Crippen LogP contribution is 2.33. The van der Waals surface area contributed by atoms with Crippen molar-refractivity contribution in [3.63, 3.8) is 0 Å². The lowest BCUT2D eigenvalue weighted by Gasteiger charge is -2.44. The zero-order chi connectivity index (χ0) is 27.3. The van der Waals surface area contributed by atoms with Crippen LogP contribution in [0.15, 0.2) is 35.9 Å². The number of nitrogens with zero attached hydrogens (tertiary/aromatic N) is 1. The van der Waals surface area contributed by atoms with E-state index in [-0.39, 0.29) is 23.5 Å². The van der Waals surface area contributed by atoms with Crippen molar-refractivity contribution in [2.45, 2.75) is 61.5 Å². The van der Waals surface area contributed by atoms with Gasteiger partial charge in [0.15, 0.2) is 23.9 Å². The van der Waals surface area contributed by atoms with Gasteiger partial charge in [0, 0.05) is 24.1 Å². The summed E-state index contributed by atoms with van der Waals surface area (Å²) in [6, 6.07) is 6.02. The number of carbonyl (C=O) groups excluding carboxylic acids is 1. The number of hydrogen-bond acceptors (Lipinski definition) is 13. The number of benzene rings is 1. The Labute approximate surface area is 211 Å². The van der Waals surface area contributed by atoms with E-state index >= 15 is 0 Å². The molecule has 13 nitrogen and oxygen atoms in total. The highest BCUT2D eigenvalue weighted by Gasteiger charge is 2.49. The quantitative estimate of drug-likeness (QED) is 0.118. The van der Waals surface area contributed by atoms with E-state index in [9.17, 15) is 40.5 Å². The Morgan fingerprint density at radius 3 is 2.57 bits per heavy atom. The molecule has 37 heavy (non-hydrogen) atoms. The summed E-state index contributed by atoms with van der Waals surface area (Å²) < 4.78 is 21.5. The summed E-state index contributed by atoms with van der Waals surface area (Å²) in [5.74, 6) is -0.913. The lowest BCUT2D eigenvalue weighted by molar-refractivity contribution is -0.314. The maximum atomic E-state index is 12.6. The van der Waals surface area contributed by atoms with Crippen LogP contribution < -0.4 is 4.74 Å². The van der Waals surface area contributed by atoms with Crippen molar-refractivity contribution in [3.05, 3.63) is 41.5 Å². The fourth-order valence-electron chi connectivity index (χ4n) is 4.07. The van der Waals surface area contributed by atoms with Crippen LogP contribution in [0.25, 0.3) is 6.08 Å². The molecule has 0 aromatic heterocycles. The average Bonchev–Trinajstić information content (AvgIpc) is 2.88. The molecule has 1 saturated carbocycles. The van der Waals surface area contributed by atoms with Crippen LogP contribution in [0.4, 0.5) is 0 Å². The van der Waals surface area contributed by atoms with Gasteiger partial charge in [0.2, 0.25) is 0 Å². The Morgan fingerprint density at radius 1 is 1.19 bits per heavy atom. The molecular formula is C24H29NO12. The second-order valence-electron chi connectivity index (χ2n) is 8.51. The highest BCUT2D eigenvalue weighted by molar-refractivity contribution is 5.87. The molecule has 7 N–H and O–H groups in total. The van der Waals surface area contributed by atoms with Gasteiger partial charge in [-0.3, -0.25) is 0 Å². The summed E-state index contributed by atoms with van der Waals surface area (Å²) in [5.41, 5.74) is 0.381. The number of phenolic OH excluding ortho intramolecular Hbond substituents is 1. The molecule has 1 aromatic rings. The zero-order valence-corrected chi connectivity index (χ0v) is 19.7. The van der Waals surface area contributed by atoms with E-state index < -0.39 is 67.7 Å². The zero-order valence-electron chi connectivity index (χ0n) is 19.7. The van der Waals surface area contributed by atoms with Crippen LogP contribution in [0.3, 0.4) is 0 Å². The molecule has 0 bridgehead atoms. The fraction of sp³-hybridized carbons (Fsp3) is 0.500. The predicted octanol–water partition coefficient (Wildman–Crippen LogP) is -1.91. The molecule has 2 aliphatic rings. The van der Waals surface area contributed by atoms with Crippen molar-refractivity contribution in [3.8, 4) is 17.6 Å². The third kappa shape index (κ3) is 6.45. The molecule has 202 valence electrons. The first-order chi connectivity index (χ1) is 17.6. The first-order valence-corrected chi connectivity index (χ1v) is 11.3. The Bertz CT molecular complexity index is 1050. The van der Waals surface area contributed by atoms with Gasteiger partial charge in [-0.1, -0.05) is 6.07 Å². The largest absolute Gasteiger partial charge is 0.504 e. The van der Waals surface area contributed by atoms with Gasteiger partial charge < -0.3 is 54.7 Å². The van der Waals surface area contributed by atoms with E-state index in [2.05, 4.69) is 0 Å². The number of phenols is 1. The second-order valence-corrected chi connectivity index (χ2v) is 8.51. The highest BCUT2D eigenvalue weighted by atomic mass is 16.7. The molecule has 1 heterocycles. The molecule has 0 radical (unpaired) electrons. The minimum absolute atomic E-state index is 0.0867. The van der Waals surface area contributed by atoms with E-state index in [1.54, 1.807) is 6.07 Å². The molecule has 0 spiro atoms. The summed E-state index contributed by atoms with van der Waals surface area (Å²) >= 11 is 0. The normalized spacial score (nSPS) is 35.3. The van der Waals surface area contributed by atoms with E-state index in [0.29, 0.717) is 5.56 Å². The topological polar surface area (TPSA) is 219 Å². The molecule has 0 unspecified atom stereocenters. The fourth-order valence-corrected chi connectivity index (χ4v) is 4.07. The van der Waals surface area contributed by atoms with Crippen LogP contribution in [0, 0.1) is 11.3 Å². The van der Waals surface area contributed by atoms with Gasteiger partial charge in [0.25, 0.3) is 0 Å². The molecule has 1 aliphatic heterocycles. The number of aromatic hydroxyl groups is 1. The van der Waals surface area contributed by atoms with E-state index in [1.165, 1.54) is 31.4 Å². The van der Waals surface area contributed by atoms with Crippen LogP contribution in [0.5, 0.6) is 11.5 Å². The average molecular weight is 523 g/mol. The van der Waals surface area contributed by atoms with Crippen molar-refractivity contribution in [2.24, 2.45) is 0 Å². The second kappa shape index (κ2) is 12.5. The van der Waals surface area contributed by atoms with Crippen molar-refractivity contribution >= 4 is 12.0 Å². The first kappa shape index (κ1) is 28.5. The van der Waals surface area contributed by atoms with Crippen molar-refractivity contribution in [1.82, 2.24) is 0 Å². The maximum absolute atomic E-state index is 12.6. The van der Waals surface area contributed by atoms with Crippen LogP contribution in [-0.4, -0.2) is 111 Å². The number of nitriles is 1. The minimum Gasteiger partial charge on any atom is -0.504 e. The van der Waals surface area contributed by atoms with Crippen LogP contribution in [0.2, 0.25) is 0 Å². The van der Waals surface area contributed by atoms with Crippen molar-refractivity contribution < 1.29 is 59.5 Å². The maximum Gasteiger partial charge on any atom is 0.331 e. The molecule has 1 aromatic carbocycles. The number of aliphatic hydroxyl groups excluding tert-OH is 6. The Kier molecular flexibility index (Phi) is 9.60. The number of ether oxygens (including phenoxy) is 4. The lowest BCUT2D eigenvalue weighted by atomic mass is 9.84. The van der Waals surface area contributed by atoms with E-state index in [1.807, 2.05) is 0 Å². The number of methoxy groups -OCH3 is 1. The Balaban J connectivity index is 1.81. The third-order valence-electron chi connectivity index (χ3n) is 6.11. The summed E-state index contributed by atoms with van der Waals surface area (Å²) in [6.07, 6.45) is -10.9. The van der Waals surface area contributed by atoms with Crippen LogP contribution in [-0.2, 0) is 19.0 Å². The van der Waals surface area contributed by atoms with Crippen molar-refractivity contribution in [1.29, 1.82) is 5.26 Å². The number of esters is 1. The third-order valence-corrected chi connectivity index (χ3v) is 6.11. The molecule has 2 fully saturated rings. The molecule has 1 aliphatic carbocycles. The predicted molar refractivity (Wildman–Crippen MR) is 123 cm³/mol. The first-order valence-electron chi connectivity index (χ1n) is 11.3. The molecular weight excluding hydrogens is 494 g/mol. The van der Waals surface area contributed by atoms with Gasteiger partial charge in [0.05, 0.1) is 32.0 Å². The smallest absolute Gasteiger partial charge is 0.331 e. The summed E-state index contributed by atoms with van der Waals surface area (Å²) in [7, 11) is 1.36. The van der Waals surface area contributed by atoms with Crippen molar-refractivity contribution in [2.75, 3.05) is 13.7 Å². The SMILES string of the molecule is COc1cc(/C=C/C(=O)O[C@H]2[C@H](O[C@@H]3C[C@H](O)[C@H](O)[C@@H](O)/C3=C/C#N)O[C@H](CO)[C@@H](O)[C@@H]2O)ccc1O. The van der Waals surface area contributed by atoms with Gasteiger partial charge in [-0.2, -0.15) is 5.26 Å². The molecule has 3 rings (SSSR count). The Hall–Kier alpha value is -3.06. The minimum atomic E-state index is -1.77. The number of carbonyl (C=O) groups is 1. The number of aliphatic hydroxyl groups is 6. The molecule has 1 saturated heterocycles. The standard InChI is InChI=1S/C24H29NO12/c1-34-16-8-11(2-4-13(16)27)3-5-18(29)37-23-22(33)21(32)17(10-26)36-24(23)35-15-9-14(28)20(31)19(30)12(15)6-7-25/h2-6,8,14-15,17,19-24,26-28,30-33H,9-10H2,1H3/b5-3+,12-6+/t14-,15+,17+,19-,20-,21+,22-,23+,24+/m0/s1. The number of hydrogen-bond donors (Lipinski definition) is 7. The van der Waals surface area contributed by atoms with Crippen LogP contribution >= 0.6 is 0 Å². The number of rotatable bonds is 7. The molecule has 9 atom stereocenters. The van der Waals surface area contributed by atoms with Gasteiger partial charge in [-0.05, 0) is 23.8 Å². The van der Waals surface area contributed by atoms with Gasteiger partial charge in [-0.25, -0.2) is 4.79 Å². The summed E-state index contributed by atoms with van der Waals surface area (Å²) in [5, 5.41) is 79.5. The summed E-state index contributed by atoms with van der Waals surface area (Å²) in [6.45, 7) is -0.725. The van der Waals surface area contributed by atoms with Crippen LogP contribution in [0.1, 0.15) is 12.0 Å². The number of allylic oxidation sites excluding steroid dienone is 1. The Morgan fingerprint density at radius 2 is 1.92 bits per heavy atom. The lowest BCUT2D eigenvalue weighted by Crippen LogP contribution is -2.61.